The summed E-state index contributed by atoms with van der Waals surface area (Å²) in [6.45, 7) is 3.36. The SMILES string of the molecule is CN1CCC(CN(C)C(=O)c2ccnc(CN)c2)C1. The maximum absolute atomic E-state index is 12.3. The summed E-state index contributed by atoms with van der Waals surface area (Å²) in [5, 5.41) is 0. The number of rotatable bonds is 4. The third-order valence-electron chi connectivity index (χ3n) is 3.64. The Morgan fingerprint density at radius 3 is 3.05 bits per heavy atom. The Hall–Kier alpha value is -1.46. The van der Waals surface area contributed by atoms with Gasteiger partial charge >= 0.3 is 0 Å². The molecule has 1 aliphatic rings. The Kier molecular flexibility index (Phi) is 4.50. The molecule has 2 rings (SSSR count). The first kappa shape index (κ1) is 14.0. The number of nitrogens with zero attached hydrogens (tertiary/aromatic N) is 3. The van der Waals surface area contributed by atoms with Gasteiger partial charge in [0.1, 0.15) is 0 Å². The molecule has 1 aliphatic heterocycles. The Morgan fingerprint density at radius 2 is 2.42 bits per heavy atom. The molecule has 5 nitrogen and oxygen atoms in total. The lowest BCUT2D eigenvalue weighted by molar-refractivity contribution is 0.0774. The number of hydrogen-bond acceptors (Lipinski definition) is 4. The zero-order valence-corrected chi connectivity index (χ0v) is 11.7. The molecular formula is C14H22N4O. The van der Waals surface area contributed by atoms with Crippen LogP contribution in [0, 0.1) is 5.92 Å². The molecule has 1 aromatic rings. The summed E-state index contributed by atoms with van der Waals surface area (Å²) in [6.07, 6.45) is 2.81. The van der Waals surface area contributed by atoms with E-state index in [9.17, 15) is 4.79 Å². The van der Waals surface area contributed by atoms with Gasteiger partial charge in [0, 0.05) is 38.4 Å². The minimum Gasteiger partial charge on any atom is -0.341 e. The van der Waals surface area contributed by atoms with Crippen LogP contribution in [0.1, 0.15) is 22.5 Å². The van der Waals surface area contributed by atoms with Gasteiger partial charge in [-0.25, -0.2) is 0 Å². The lowest BCUT2D eigenvalue weighted by Gasteiger charge is -2.21. The van der Waals surface area contributed by atoms with Gasteiger partial charge in [0.25, 0.3) is 5.91 Å². The molecule has 0 saturated carbocycles. The van der Waals surface area contributed by atoms with E-state index in [0.29, 0.717) is 18.0 Å². The lowest BCUT2D eigenvalue weighted by atomic mass is 10.1. The van der Waals surface area contributed by atoms with Gasteiger partial charge in [-0.1, -0.05) is 0 Å². The average Bonchev–Trinajstić information content (AvgIpc) is 2.83. The highest BCUT2D eigenvalue weighted by Gasteiger charge is 2.23. The predicted molar refractivity (Wildman–Crippen MR) is 74.7 cm³/mol. The maximum atomic E-state index is 12.3. The number of hydrogen-bond donors (Lipinski definition) is 1. The van der Waals surface area contributed by atoms with E-state index in [4.69, 9.17) is 5.73 Å². The molecule has 0 aliphatic carbocycles. The van der Waals surface area contributed by atoms with Crippen molar-refractivity contribution >= 4 is 5.91 Å². The number of nitrogens with two attached hydrogens (primary N) is 1. The number of likely N-dealkylation sites (tertiary alicyclic amines) is 1. The summed E-state index contributed by atoms with van der Waals surface area (Å²) in [6, 6.07) is 3.53. The van der Waals surface area contributed by atoms with Gasteiger partial charge in [-0.05, 0) is 38.1 Å². The van der Waals surface area contributed by atoms with E-state index < -0.39 is 0 Å². The van der Waals surface area contributed by atoms with E-state index in [-0.39, 0.29) is 5.91 Å². The summed E-state index contributed by atoms with van der Waals surface area (Å²) in [4.78, 5) is 20.5. The number of amides is 1. The zero-order valence-electron chi connectivity index (χ0n) is 11.7. The van der Waals surface area contributed by atoms with Crippen molar-refractivity contribution in [1.82, 2.24) is 14.8 Å². The van der Waals surface area contributed by atoms with Gasteiger partial charge in [0.05, 0.1) is 5.69 Å². The molecule has 1 unspecified atom stereocenters. The minimum atomic E-state index is 0.0478. The van der Waals surface area contributed by atoms with E-state index in [1.54, 1.807) is 23.2 Å². The van der Waals surface area contributed by atoms with Crippen LogP contribution >= 0.6 is 0 Å². The smallest absolute Gasteiger partial charge is 0.253 e. The zero-order chi connectivity index (χ0) is 13.8. The molecule has 1 aromatic heterocycles. The third kappa shape index (κ3) is 3.52. The second-order valence-electron chi connectivity index (χ2n) is 5.34. The Balaban J connectivity index is 1.98. The minimum absolute atomic E-state index is 0.0478. The van der Waals surface area contributed by atoms with E-state index >= 15 is 0 Å². The van der Waals surface area contributed by atoms with E-state index in [2.05, 4.69) is 16.9 Å². The molecular weight excluding hydrogens is 240 g/mol. The van der Waals surface area contributed by atoms with E-state index in [1.807, 2.05) is 7.05 Å². The summed E-state index contributed by atoms with van der Waals surface area (Å²) in [7, 11) is 3.99. The summed E-state index contributed by atoms with van der Waals surface area (Å²) < 4.78 is 0. The van der Waals surface area contributed by atoms with Crippen molar-refractivity contribution in [2.45, 2.75) is 13.0 Å². The first-order valence-electron chi connectivity index (χ1n) is 6.69. The normalized spacial score (nSPS) is 19.6. The highest BCUT2D eigenvalue weighted by Crippen LogP contribution is 2.16. The van der Waals surface area contributed by atoms with Gasteiger partial charge < -0.3 is 15.5 Å². The highest BCUT2D eigenvalue weighted by molar-refractivity contribution is 5.94. The molecule has 0 spiro atoms. The van der Waals surface area contributed by atoms with Crippen molar-refractivity contribution in [2.24, 2.45) is 11.7 Å². The molecule has 1 amide bonds. The molecule has 0 aromatic carbocycles. The molecule has 19 heavy (non-hydrogen) atoms. The van der Waals surface area contributed by atoms with Crippen molar-refractivity contribution in [3.63, 3.8) is 0 Å². The molecule has 1 atom stereocenters. The first-order chi connectivity index (χ1) is 9.10. The maximum Gasteiger partial charge on any atom is 0.253 e. The van der Waals surface area contributed by atoms with Crippen molar-refractivity contribution in [3.8, 4) is 0 Å². The number of aromatic nitrogens is 1. The monoisotopic (exact) mass is 262 g/mol. The van der Waals surface area contributed by atoms with Crippen LogP contribution in [0.2, 0.25) is 0 Å². The van der Waals surface area contributed by atoms with Crippen molar-refractivity contribution < 1.29 is 4.79 Å². The summed E-state index contributed by atoms with van der Waals surface area (Å²) in [5.74, 6) is 0.626. The molecule has 2 N–H and O–H groups in total. The van der Waals surface area contributed by atoms with Crippen LogP contribution in [0.3, 0.4) is 0 Å². The topological polar surface area (TPSA) is 62.5 Å². The van der Waals surface area contributed by atoms with Crippen molar-refractivity contribution in [3.05, 3.63) is 29.6 Å². The van der Waals surface area contributed by atoms with Crippen LogP contribution in [0.5, 0.6) is 0 Å². The standard InChI is InChI=1S/C14H22N4O/c1-17-6-4-11(9-17)10-18(2)14(19)12-3-5-16-13(7-12)8-15/h3,5,7,11H,4,6,8-10,15H2,1-2H3. The van der Waals surface area contributed by atoms with Crippen LogP contribution < -0.4 is 5.73 Å². The van der Waals surface area contributed by atoms with Crippen LogP contribution in [-0.4, -0.2) is 54.4 Å². The molecule has 1 fully saturated rings. The Bertz CT molecular complexity index is 449. The van der Waals surface area contributed by atoms with Crippen LogP contribution in [-0.2, 0) is 6.54 Å². The van der Waals surface area contributed by atoms with Gasteiger partial charge in [-0.15, -0.1) is 0 Å². The number of pyridine rings is 1. The molecule has 104 valence electrons. The lowest BCUT2D eigenvalue weighted by Crippen LogP contribution is -2.32. The fourth-order valence-electron chi connectivity index (χ4n) is 2.59. The van der Waals surface area contributed by atoms with Gasteiger partial charge in [-0.2, -0.15) is 0 Å². The fourth-order valence-corrected chi connectivity index (χ4v) is 2.59. The second kappa shape index (κ2) is 6.12. The number of carbonyl (C=O) groups is 1. The molecule has 0 bridgehead atoms. The molecule has 1 saturated heterocycles. The van der Waals surface area contributed by atoms with Crippen LogP contribution in [0.15, 0.2) is 18.3 Å². The Morgan fingerprint density at radius 1 is 1.63 bits per heavy atom. The predicted octanol–water partition coefficient (Wildman–Crippen LogP) is 0.564. The average molecular weight is 262 g/mol. The number of carbonyl (C=O) groups excluding carboxylic acids is 1. The quantitative estimate of drug-likeness (QED) is 0.861. The summed E-state index contributed by atoms with van der Waals surface area (Å²) in [5.41, 5.74) is 6.97. The first-order valence-corrected chi connectivity index (χ1v) is 6.69. The van der Waals surface area contributed by atoms with Crippen LogP contribution in [0.4, 0.5) is 0 Å². The molecule has 0 radical (unpaired) electrons. The van der Waals surface area contributed by atoms with Gasteiger partial charge in [0.15, 0.2) is 0 Å². The highest BCUT2D eigenvalue weighted by atomic mass is 16.2. The van der Waals surface area contributed by atoms with Crippen molar-refractivity contribution in [1.29, 1.82) is 0 Å². The fraction of sp³-hybridized carbons (Fsp3) is 0.571. The van der Waals surface area contributed by atoms with E-state index in [1.165, 1.54) is 6.42 Å². The third-order valence-corrected chi connectivity index (χ3v) is 3.64. The largest absolute Gasteiger partial charge is 0.341 e. The molecule has 5 heteroatoms. The Labute approximate surface area is 114 Å². The van der Waals surface area contributed by atoms with Crippen LogP contribution in [0.25, 0.3) is 0 Å². The van der Waals surface area contributed by atoms with Gasteiger partial charge in [-0.3, -0.25) is 9.78 Å². The van der Waals surface area contributed by atoms with Gasteiger partial charge in [0.2, 0.25) is 0 Å². The van der Waals surface area contributed by atoms with Crippen molar-refractivity contribution in [2.75, 3.05) is 33.7 Å². The second-order valence-corrected chi connectivity index (χ2v) is 5.34. The molecule has 2 heterocycles. The summed E-state index contributed by atoms with van der Waals surface area (Å²) >= 11 is 0. The van der Waals surface area contributed by atoms with E-state index in [0.717, 1.165) is 25.3 Å².